The van der Waals surface area contributed by atoms with Crippen LogP contribution >= 0.6 is 11.3 Å². The average Bonchev–Trinajstić information content (AvgIpc) is 2.08. The maximum atomic E-state index is 11.1. The van der Waals surface area contributed by atoms with Crippen molar-refractivity contribution in [3.05, 3.63) is 15.8 Å². The zero-order chi connectivity index (χ0) is 8.65. The Hall–Kier alpha value is -0.350. The van der Waals surface area contributed by atoms with Crippen molar-refractivity contribution < 1.29 is 8.42 Å². The highest BCUT2D eigenvalue weighted by molar-refractivity contribution is 7.90. The molecule has 1 rings (SSSR count). The summed E-state index contributed by atoms with van der Waals surface area (Å²) in [6, 6.07) is 1.72. The molecule has 0 N–H and O–H groups in total. The van der Waals surface area contributed by atoms with E-state index in [1.165, 1.54) is 17.6 Å². The van der Waals surface area contributed by atoms with Gasteiger partial charge in [-0.3, -0.25) is 0 Å². The number of rotatable bonds is 1. The molecule has 0 spiro atoms. The van der Waals surface area contributed by atoms with Gasteiger partial charge < -0.3 is 0 Å². The summed E-state index contributed by atoms with van der Waals surface area (Å²) in [4.78, 5) is 2.40. The Balaban J connectivity index is 3.36. The second kappa shape index (κ2) is 2.60. The molecule has 0 aromatic carbocycles. The largest absolute Gasteiger partial charge is 0.224 e. The van der Waals surface area contributed by atoms with Crippen LogP contribution in [0.25, 0.3) is 0 Å². The fourth-order valence-corrected chi connectivity index (χ4v) is 3.36. The predicted octanol–water partition coefficient (Wildman–Crippen LogP) is 1.77. The average molecular weight is 190 g/mol. The number of hydrogen-bond donors (Lipinski definition) is 0. The maximum absolute atomic E-state index is 11.1. The van der Waals surface area contributed by atoms with Crippen molar-refractivity contribution in [3.63, 3.8) is 0 Å². The van der Waals surface area contributed by atoms with Crippen LogP contribution in [0.5, 0.6) is 0 Å². The molecule has 2 nitrogen and oxygen atoms in total. The van der Waals surface area contributed by atoms with Gasteiger partial charge in [0, 0.05) is 16.0 Å². The summed E-state index contributed by atoms with van der Waals surface area (Å²) in [5.41, 5.74) is 0. The van der Waals surface area contributed by atoms with Crippen LogP contribution in [-0.4, -0.2) is 14.7 Å². The molecule has 1 aromatic rings. The van der Waals surface area contributed by atoms with Crippen molar-refractivity contribution in [2.45, 2.75) is 18.7 Å². The molecule has 1 aromatic heterocycles. The highest BCUT2D eigenvalue weighted by atomic mass is 32.2. The SMILES string of the molecule is Cc1cc(S(C)(=O)=O)c(C)s1. The van der Waals surface area contributed by atoms with Crippen LogP contribution in [0.3, 0.4) is 0 Å². The Morgan fingerprint density at radius 3 is 2.09 bits per heavy atom. The first-order valence-corrected chi connectivity index (χ1v) is 5.89. The highest BCUT2D eigenvalue weighted by Crippen LogP contribution is 2.24. The third kappa shape index (κ3) is 1.81. The first-order chi connectivity index (χ1) is 4.91. The van der Waals surface area contributed by atoms with Crippen LogP contribution in [0, 0.1) is 13.8 Å². The zero-order valence-electron chi connectivity index (χ0n) is 6.71. The van der Waals surface area contributed by atoms with Crippen LogP contribution < -0.4 is 0 Å². The van der Waals surface area contributed by atoms with Gasteiger partial charge in [0.1, 0.15) is 0 Å². The van der Waals surface area contributed by atoms with Crippen LogP contribution in [-0.2, 0) is 9.84 Å². The normalized spacial score (nSPS) is 11.9. The molecule has 0 amide bonds. The second-order valence-electron chi connectivity index (χ2n) is 2.55. The fraction of sp³-hybridized carbons (Fsp3) is 0.429. The molecule has 0 saturated carbocycles. The van der Waals surface area contributed by atoms with Crippen LogP contribution in [0.4, 0.5) is 0 Å². The molecule has 0 fully saturated rings. The smallest absolute Gasteiger partial charge is 0.176 e. The third-order valence-electron chi connectivity index (χ3n) is 1.39. The molecule has 0 atom stereocenters. The molecule has 11 heavy (non-hydrogen) atoms. The van der Waals surface area contributed by atoms with E-state index in [0.717, 1.165) is 9.75 Å². The van der Waals surface area contributed by atoms with Crippen LogP contribution in [0.15, 0.2) is 11.0 Å². The van der Waals surface area contributed by atoms with E-state index in [2.05, 4.69) is 0 Å². The van der Waals surface area contributed by atoms with E-state index in [-0.39, 0.29) is 0 Å². The van der Waals surface area contributed by atoms with Crippen molar-refractivity contribution >= 4 is 21.2 Å². The van der Waals surface area contributed by atoms with Gasteiger partial charge in [-0.15, -0.1) is 11.3 Å². The van der Waals surface area contributed by atoms with Gasteiger partial charge in [0.15, 0.2) is 9.84 Å². The van der Waals surface area contributed by atoms with Crippen molar-refractivity contribution in [1.29, 1.82) is 0 Å². The lowest BCUT2D eigenvalue weighted by atomic mass is 10.4. The highest BCUT2D eigenvalue weighted by Gasteiger charge is 2.12. The molecule has 0 unspecified atom stereocenters. The fourth-order valence-electron chi connectivity index (χ4n) is 0.976. The Morgan fingerprint density at radius 1 is 1.36 bits per heavy atom. The molecule has 0 aliphatic heterocycles. The van der Waals surface area contributed by atoms with Gasteiger partial charge in [0.05, 0.1) is 4.90 Å². The minimum atomic E-state index is -3.00. The first-order valence-electron chi connectivity index (χ1n) is 3.18. The number of thiophene rings is 1. The van der Waals surface area contributed by atoms with E-state index in [1.54, 1.807) is 6.07 Å². The molecule has 0 bridgehead atoms. The van der Waals surface area contributed by atoms with Crippen LogP contribution in [0.1, 0.15) is 9.75 Å². The van der Waals surface area contributed by atoms with Gasteiger partial charge in [-0.25, -0.2) is 8.42 Å². The molecular weight excluding hydrogens is 180 g/mol. The summed E-state index contributed by atoms with van der Waals surface area (Å²) < 4.78 is 22.1. The molecule has 0 radical (unpaired) electrons. The van der Waals surface area contributed by atoms with E-state index in [1.807, 2.05) is 13.8 Å². The van der Waals surface area contributed by atoms with E-state index >= 15 is 0 Å². The summed E-state index contributed by atoms with van der Waals surface area (Å²) >= 11 is 1.52. The third-order valence-corrected chi connectivity index (χ3v) is 3.71. The second-order valence-corrected chi connectivity index (χ2v) is 5.99. The van der Waals surface area contributed by atoms with Crippen molar-refractivity contribution in [1.82, 2.24) is 0 Å². The molecule has 0 saturated heterocycles. The lowest BCUT2D eigenvalue weighted by Crippen LogP contribution is -1.95. The minimum Gasteiger partial charge on any atom is -0.224 e. The predicted molar refractivity (Wildman–Crippen MR) is 46.9 cm³/mol. The Kier molecular flexibility index (Phi) is 2.07. The first kappa shape index (κ1) is 8.74. The standard InChI is InChI=1S/C7H10O2S2/c1-5-4-7(6(2)10-5)11(3,8)9/h4H,1-3H3. The van der Waals surface area contributed by atoms with Gasteiger partial charge in [0.25, 0.3) is 0 Å². The molecule has 1 heterocycles. The van der Waals surface area contributed by atoms with Crippen molar-refractivity contribution in [2.75, 3.05) is 6.26 Å². The maximum Gasteiger partial charge on any atom is 0.176 e. The summed E-state index contributed by atoms with van der Waals surface area (Å²) in [5.74, 6) is 0. The summed E-state index contributed by atoms with van der Waals surface area (Å²) in [7, 11) is -3.00. The summed E-state index contributed by atoms with van der Waals surface area (Å²) in [6.07, 6.45) is 1.24. The molecule has 0 aliphatic rings. The van der Waals surface area contributed by atoms with Gasteiger partial charge in [0.2, 0.25) is 0 Å². The molecule has 62 valence electrons. The van der Waals surface area contributed by atoms with Gasteiger partial charge in [-0.1, -0.05) is 0 Å². The lowest BCUT2D eigenvalue weighted by molar-refractivity contribution is 0.601. The molecule has 4 heteroatoms. The zero-order valence-corrected chi connectivity index (χ0v) is 8.34. The van der Waals surface area contributed by atoms with E-state index in [4.69, 9.17) is 0 Å². The van der Waals surface area contributed by atoms with E-state index in [9.17, 15) is 8.42 Å². The number of aryl methyl sites for hydroxylation is 2. The van der Waals surface area contributed by atoms with Gasteiger partial charge in [-0.2, -0.15) is 0 Å². The quantitative estimate of drug-likeness (QED) is 0.676. The molecular formula is C7H10O2S2. The Bertz CT molecular complexity index is 360. The summed E-state index contributed by atoms with van der Waals surface area (Å²) in [5, 5.41) is 0. The Labute approximate surface area is 70.8 Å². The Morgan fingerprint density at radius 2 is 1.91 bits per heavy atom. The number of sulfone groups is 1. The number of hydrogen-bond acceptors (Lipinski definition) is 3. The van der Waals surface area contributed by atoms with Crippen molar-refractivity contribution in [3.8, 4) is 0 Å². The van der Waals surface area contributed by atoms with Gasteiger partial charge >= 0.3 is 0 Å². The minimum absolute atomic E-state index is 0.472. The van der Waals surface area contributed by atoms with Gasteiger partial charge in [-0.05, 0) is 19.9 Å². The summed E-state index contributed by atoms with van der Waals surface area (Å²) in [6.45, 7) is 3.74. The lowest BCUT2D eigenvalue weighted by Gasteiger charge is -1.92. The van der Waals surface area contributed by atoms with Crippen LogP contribution in [0.2, 0.25) is 0 Å². The van der Waals surface area contributed by atoms with E-state index in [0.29, 0.717) is 4.90 Å². The van der Waals surface area contributed by atoms with Crippen molar-refractivity contribution in [2.24, 2.45) is 0 Å². The molecule has 0 aliphatic carbocycles. The van der Waals surface area contributed by atoms with E-state index < -0.39 is 9.84 Å². The monoisotopic (exact) mass is 190 g/mol. The topological polar surface area (TPSA) is 34.1 Å².